The summed E-state index contributed by atoms with van der Waals surface area (Å²) in [5.41, 5.74) is 4.31. The molecule has 0 aliphatic heterocycles. The van der Waals surface area contributed by atoms with E-state index in [0.29, 0.717) is 22.8 Å². The summed E-state index contributed by atoms with van der Waals surface area (Å²) in [4.78, 5) is 25.2. The lowest BCUT2D eigenvalue weighted by Gasteiger charge is -2.15. The zero-order valence-corrected chi connectivity index (χ0v) is 20.7. The highest BCUT2D eigenvalue weighted by Crippen LogP contribution is 2.31. The van der Waals surface area contributed by atoms with Gasteiger partial charge in [0.05, 0.1) is 30.5 Å². The van der Waals surface area contributed by atoms with Crippen molar-refractivity contribution < 1.29 is 19.1 Å². The van der Waals surface area contributed by atoms with Gasteiger partial charge < -0.3 is 15.7 Å². The van der Waals surface area contributed by atoms with Crippen LogP contribution in [0.15, 0.2) is 78.9 Å². The van der Waals surface area contributed by atoms with E-state index in [1.165, 1.54) is 16.3 Å². The van der Waals surface area contributed by atoms with E-state index in [2.05, 4.69) is 27.1 Å². The smallest absolute Gasteiger partial charge is 0.320 e. The van der Waals surface area contributed by atoms with E-state index in [9.17, 15) is 14.0 Å². The van der Waals surface area contributed by atoms with Gasteiger partial charge in [0.15, 0.2) is 0 Å². The number of nitrogens with zero attached hydrogens (tertiary/aromatic N) is 2. The summed E-state index contributed by atoms with van der Waals surface area (Å²) in [6.45, 7) is 0.0414. The van der Waals surface area contributed by atoms with E-state index in [-0.39, 0.29) is 31.5 Å². The number of carbonyl (C=O) groups is 2. The number of benzene rings is 3. The van der Waals surface area contributed by atoms with Crippen LogP contribution < -0.4 is 16.0 Å². The minimum absolute atomic E-state index is 0.102. The molecule has 4 aromatic rings. The van der Waals surface area contributed by atoms with Crippen molar-refractivity contribution in [3.63, 3.8) is 0 Å². The number of amides is 3. The van der Waals surface area contributed by atoms with Gasteiger partial charge in [-0.05, 0) is 53.8 Å². The fourth-order valence-electron chi connectivity index (χ4n) is 4.73. The lowest BCUT2D eigenvalue weighted by molar-refractivity contribution is -0.120. The zero-order valence-electron chi connectivity index (χ0n) is 20.7. The predicted molar refractivity (Wildman–Crippen MR) is 142 cm³/mol. The molecule has 1 atom stereocenters. The Labute approximate surface area is 219 Å². The highest BCUT2D eigenvalue weighted by atomic mass is 19.1. The van der Waals surface area contributed by atoms with E-state index < -0.39 is 11.8 Å². The average molecular weight is 514 g/mol. The second kappa shape index (κ2) is 11.3. The summed E-state index contributed by atoms with van der Waals surface area (Å²) in [6.07, 6.45) is 1.82. The van der Waals surface area contributed by atoms with Crippen molar-refractivity contribution in [1.82, 2.24) is 20.4 Å². The Morgan fingerprint density at radius 3 is 2.68 bits per heavy atom. The molecule has 0 radical (unpaired) electrons. The van der Waals surface area contributed by atoms with Crippen LogP contribution in [0.1, 0.15) is 29.2 Å². The minimum Gasteiger partial charge on any atom is -0.395 e. The third kappa shape index (κ3) is 5.57. The van der Waals surface area contributed by atoms with Crippen LogP contribution in [0.3, 0.4) is 0 Å². The molecule has 0 fully saturated rings. The molecule has 1 heterocycles. The van der Waals surface area contributed by atoms with E-state index in [0.717, 1.165) is 24.0 Å². The largest absolute Gasteiger partial charge is 0.395 e. The maximum Gasteiger partial charge on any atom is 0.320 e. The van der Waals surface area contributed by atoms with Gasteiger partial charge in [-0.1, -0.05) is 48.5 Å². The van der Waals surface area contributed by atoms with E-state index in [4.69, 9.17) is 5.11 Å². The van der Waals surface area contributed by atoms with Crippen molar-refractivity contribution in [2.45, 2.75) is 25.3 Å². The van der Waals surface area contributed by atoms with Crippen LogP contribution in [0.4, 0.5) is 15.0 Å². The van der Waals surface area contributed by atoms with Crippen molar-refractivity contribution in [3.8, 4) is 16.9 Å². The molecule has 4 N–H and O–H groups in total. The average Bonchev–Trinajstić information content (AvgIpc) is 3.52. The van der Waals surface area contributed by atoms with Crippen LogP contribution in [0.5, 0.6) is 0 Å². The SMILES string of the molecule is O=C(Cc1cccc(-n2nc(-c3ccccc3F)cc2NC(=O)NC2CCc3ccccc32)c1)NCCO. The molecule has 9 heteroatoms. The lowest BCUT2D eigenvalue weighted by atomic mass is 10.1. The number of urea groups is 1. The third-order valence-electron chi connectivity index (χ3n) is 6.49. The van der Waals surface area contributed by atoms with Gasteiger partial charge in [-0.3, -0.25) is 10.1 Å². The summed E-state index contributed by atoms with van der Waals surface area (Å²) in [7, 11) is 0. The maximum atomic E-state index is 14.6. The second-order valence-corrected chi connectivity index (χ2v) is 9.12. The number of hydrogen-bond acceptors (Lipinski definition) is 4. The Morgan fingerprint density at radius 1 is 1.03 bits per heavy atom. The summed E-state index contributed by atoms with van der Waals surface area (Å²) in [5, 5.41) is 22.1. The Hall–Kier alpha value is -4.50. The number of rotatable bonds is 8. The van der Waals surface area contributed by atoms with Crippen molar-refractivity contribution in [2.24, 2.45) is 0 Å². The molecule has 1 aromatic heterocycles. The fraction of sp³-hybridized carbons (Fsp3) is 0.207. The van der Waals surface area contributed by atoms with E-state index >= 15 is 0 Å². The molecule has 0 spiro atoms. The Kier molecular flexibility index (Phi) is 7.46. The lowest BCUT2D eigenvalue weighted by Crippen LogP contribution is -2.32. The number of carbonyl (C=O) groups excluding carboxylic acids is 2. The van der Waals surface area contributed by atoms with Crippen molar-refractivity contribution in [3.05, 3.63) is 101 Å². The van der Waals surface area contributed by atoms with Gasteiger partial charge in [-0.15, -0.1) is 0 Å². The van der Waals surface area contributed by atoms with Gasteiger partial charge in [-0.2, -0.15) is 5.10 Å². The van der Waals surface area contributed by atoms with Gasteiger partial charge in [0.2, 0.25) is 5.91 Å². The number of halogens is 1. The van der Waals surface area contributed by atoms with E-state index in [1.807, 2.05) is 18.2 Å². The summed E-state index contributed by atoms with van der Waals surface area (Å²) in [5.74, 6) is -0.294. The highest BCUT2D eigenvalue weighted by molar-refractivity contribution is 5.90. The van der Waals surface area contributed by atoms with Crippen LogP contribution in [0.25, 0.3) is 16.9 Å². The molecular formula is C29H28FN5O3. The molecule has 8 nitrogen and oxygen atoms in total. The number of aromatic nitrogens is 2. The van der Waals surface area contributed by atoms with Crippen molar-refractivity contribution in [1.29, 1.82) is 0 Å². The number of aliphatic hydroxyl groups is 1. The third-order valence-corrected chi connectivity index (χ3v) is 6.49. The molecule has 3 amide bonds. The minimum atomic E-state index is -0.426. The summed E-state index contributed by atoms with van der Waals surface area (Å²) in [6, 6.07) is 22.7. The first-order valence-electron chi connectivity index (χ1n) is 12.5. The topological polar surface area (TPSA) is 108 Å². The number of anilines is 1. The van der Waals surface area contributed by atoms with Crippen molar-refractivity contribution >= 4 is 17.8 Å². The van der Waals surface area contributed by atoms with E-state index in [1.54, 1.807) is 48.5 Å². The van der Waals surface area contributed by atoms with Crippen LogP contribution in [-0.4, -0.2) is 40.0 Å². The number of fused-ring (bicyclic) bond motifs is 1. The number of hydrogen-bond donors (Lipinski definition) is 4. The molecule has 1 unspecified atom stereocenters. The molecule has 38 heavy (non-hydrogen) atoms. The zero-order chi connectivity index (χ0) is 26.5. The number of aryl methyl sites for hydroxylation is 1. The molecule has 3 aromatic carbocycles. The predicted octanol–water partition coefficient (Wildman–Crippen LogP) is 4.14. The van der Waals surface area contributed by atoms with Gasteiger partial charge in [0, 0.05) is 18.2 Å². The molecule has 0 bridgehead atoms. The highest BCUT2D eigenvalue weighted by Gasteiger charge is 2.24. The molecule has 0 saturated heterocycles. The van der Waals surface area contributed by atoms with Crippen molar-refractivity contribution in [2.75, 3.05) is 18.5 Å². The number of aliphatic hydroxyl groups excluding tert-OH is 1. The van der Waals surface area contributed by atoms with Crippen LogP contribution >= 0.6 is 0 Å². The monoisotopic (exact) mass is 513 g/mol. The van der Waals surface area contributed by atoms with Crippen LogP contribution in [-0.2, 0) is 17.6 Å². The second-order valence-electron chi connectivity index (χ2n) is 9.12. The summed E-state index contributed by atoms with van der Waals surface area (Å²) < 4.78 is 16.1. The van der Waals surface area contributed by atoms with Gasteiger partial charge in [0.25, 0.3) is 0 Å². The molecule has 194 valence electrons. The molecule has 1 aliphatic carbocycles. The molecular weight excluding hydrogens is 485 g/mol. The summed E-state index contributed by atoms with van der Waals surface area (Å²) >= 11 is 0. The number of nitrogens with one attached hydrogen (secondary N) is 3. The Balaban J connectivity index is 1.43. The first-order chi connectivity index (χ1) is 18.5. The molecule has 0 saturated carbocycles. The fourth-order valence-corrected chi connectivity index (χ4v) is 4.73. The van der Waals surface area contributed by atoms with Gasteiger partial charge in [-0.25, -0.2) is 13.9 Å². The normalized spacial score (nSPS) is 14.1. The molecule has 1 aliphatic rings. The first kappa shape index (κ1) is 25.2. The van der Waals surface area contributed by atoms with Gasteiger partial charge >= 0.3 is 6.03 Å². The maximum absolute atomic E-state index is 14.6. The van der Waals surface area contributed by atoms with Crippen LogP contribution in [0.2, 0.25) is 0 Å². The van der Waals surface area contributed by atoms with Crippen LogP contribution in [0, 0.1) is 5.82 Å². The van der Waals surface area contributed by atoms with Gasteiger partial charge in [0.1, 0.15) is 11.6 Å². The standard InChI is InChI=1S/C29H28FN5O3/c30-24-11-4-3-10-23(24)26-18-27(33-29(38)32-25-13-12-20-7-1-2-9-22(20)25)35(34-26)21-8-5-6-19(16-21)17-28(37)31-14-15-36/h1-11,16,18,25,36H,12-15,17H2,(H,31,37)(H2,32,33,38). The Bertz CT molecular complexity index is 1470. The molecule has 5 rings (SSSR count). The first-order valence-corrected chi connectivity index (χ1v) is 12.5. The Morgan fingerprint density at radius 2 is 1.84 bits per heavy atom. The quantitative estimate of drug-likeness (QED) is 0.284.